The molecule has 0 aliphatic heterocycles. The average Bonchev–Trinajstić information content (AvgIpc) is 2.30. The molecule has 0 radical (unpaired) electrons. The number of benzene rings is 1. The van der Waals surface area contributed by atoms with Gasteiger partial charge in [0.15, 0.2) is 0 Å². The van der Waals surface area contributed by atoms with Crippen molar-refractivity contribution in [2.24, 2.45) is 0 Å². The number of ether oxygens (including phenoxy) is 1. The lowest BCUT2D eigenvalue weighted by Gasteiger charge is -2.23. The van der Waals surface area contributed by atoms with Gasteiger partial charge in [0.25, 0.3) is 0 Å². The third-order valence-corrected chi connectivity index (χ3v) is 2.64. The smallest absolute Gasteiger partial charge is 0.0994 e. The van der Waals surface area contributed by atoms with Crippen LogP contribution in [0.15, 0.2) is 18.2 Å². The van der Waals surface area contributed by atoms with Crippen molar-refractivity contribution < 1.29 is 4.74 Å². The zero-order valence-electron chi connectivity index (χ0n) is 10.2. The molecule has 0 atom stereocenters. The van der Waals surface area contributed by atoms with Gasteiger partial charge in [0.1, 0.15) is 0 Å². The monoisotopic (exact) mass is 218 g/mol. The summed E-state index contributed by atoms with van der Waals surface area (Å²) in [6, 6.07) is 8.10. The first-order chi connectivity index (χ1) is 7.72. The van der Waals surface area contributed by atoms with E-state index in [0.29, 0.717) is 6.61 Å². The molecule has 0 amide bonds. The van der Waals surface area contributed by atoms with Gasteiger partial charge in [-0.3, -0.25) is 0 Å². The molecule has 0 bridgehead atoms. The maximum Gasteiger partial charge on any atom is 0.0994 e. The standard InChI is InChI=1S/C13H18N2O/c1-4-15(7-8-16-3)13-6-5-12(10-14)11(2)9-13/h5-6,9H,4,7-8H2,1-3H3. The third-order valence-electron chi connectivity index (χ3n) is 2.64. The molecule has 3 heteroatoms. The number of hydrogen-bond donors (Lipinski definition) is 0. The Morgan fingerprint density at radius 3 is 2.69 bits per heavy atom. The Labute approximate surface area is 97.3 Å². The van der Waals surface area contributed by atoms with Crippen molar-refractivity contribution in [2.45, 2.75) is 13.8 Å². The van der Waals surface area contributed by atoms with Gasteiger partial charge in [-0.05, 0) is 37.6 Å². The van der Waals surface area contributed by atoms with Gasteiger partial charge in [-0.25, -0.2) is 0 Å². The number of rotatable bonds is 5. The summed E-state index contributed by atoms with van der Waals surface area (Å²) in [6.45, 7) is 6.61. The topological polar surface area (TPSA) is 36.3 Å². The molecule has 1 aromatic carbocycles. The minimum absolute atomic E-state index is 0.715. The van der Waals surface area contributed by atoms with Gasteiger partial charge < -0.3 is 9.64 Å². The molecule has 0 unspecified atom stereocenters. The molecule has 0 saturated carbocycles. The number of hydrogen-bond acceptors (Lipinski definition) is 3. The summed E-state index contributed by atoms with van der Waals surface area (Å²) in [5.74, 6) is 0. The summed E-state index contributed by atoms with van der Waals surface area (Å²) in [5.41, 5.74) is 2.92. The van der Waals surface area contributed by atoms with Crippen LogP contribution in [0.2, 0.25) is 0 Å². The average molecular weight is 218 g/mol. The highest BCUT2D eigenvalue weighted by Gasteiger charge is 2.05. The van der Waals surface area contributed by atoms with E-state index in [1.807, 2.05) is 19.1 Å². The predicted octanol–water partition coefficient (Wildman–Crippen LogP) is 2.34. The Morgan fingerprint density at radius 2 is 2.19 bits per heavy atom. The quantitative estimate of drug-likeness (QED) is 0.761. The molecular weight excluding hydrogens is 200 g/mol. The summed E-state index contributed by atoms with van der Waals surface area (Å²) >= 11 is 0. The third kappa shape index (κ3) is 2.98. The van der Waals surface area contributed by atoms with Crippen LogP contribution in [-0.2, 0) is 4.74 Å². The van der Waals surface area contributed by atoms with E-state index in [0.717, 1.165) is 29.9 Å². The van der Waals surface area contributed by atoms with Crippen molar-refractivity contribution in [3.8, 4) is 6.07 Å². The van der Waals surface area contributed by atoms with Gasteiger partial charge in [0.2, 0.25) is 0 Å². The second-order valence-electron chi connectivity index (χ2n) is 3.68. The van der Waals surface area contributed by atoms with E-state index in [9.17, 15) is 0 Å². The predicted molar refractivity (Wildman–Crippen MR) is 65.7 cm³/mol. The molecule has 0 aliphatic carbocycles. The number of nitriles is 1. The molecular formula is C13H18N2O. The molecule has 0 heterocycles. The first kappa shape index (κ1) is 12.5. The van der Waals surface area contributed by atoms with Gasteiger partial charge in [0.05, 0.1) is 18.2 Å². The van der Waals surface area contributed by atoms with Crippen molar-refractivity contribution in [2.75, 3.05) is 31.7 Å². The summed E-state index contributed by atoms with van der Waals surface area (Å²) in [6.07, 6.45) is 0. The highest BCUT2D eigenvalue weighted by Crippen LogP contribution is 2.18. The van der Waals surface area contributed by atoms with Crippen LogP contribution in [0.4, 0.5) is 5.69 Å². The van der Waals surface area contributed by atoms with Gasteiger partial charge in [-0.2, -0.15) is 5.26 Å². The Balaban J connectivity index is 2.86. The summed E-state index contributed by atoms with van der Waals surface area (Å²) in [5, 5.41) is 8.86. The summed E-state index contributed by atoms with van der Waals surface area (Å²) < 4.78 is 5.08. The molecule has 1 aromatic rings. The van der Waals surface area contributed by atoms with E-state index in [1.54, 1.807) is 7.11 Å². The lowest BCUT2D eigenvalue weighted by Crippen LogP contribution is -2.26. The van der Waals surface area contributed by atoms with Crippen molar-refractivity contribution in [1.29, 1.82) is 5.26 Å². The van der Waals surface area contributed by atoms with Crippen LogP contribution < -0.4 is 4.90 Å². The molecule has 0 spiro atoms. The molecule has 1 rings (SSSR count). The zero-order valence-corrected chi connectivity index (χ0v) is 10.2. The first-order valence-electron chi connectivity index (χ1n) is 5.47. The molecule has 0 fully saturated rings. The molecule has 3 nitrogen and oxygen atoms in total. The second kappa shape index (κ2) is 6.14. The van der Waals surface area contributed by atoms with Crippen molar-refractivity contribution in [3.05, 3.63) is 29.3 Å². The minimum atomic E-state index is 0.715. The normalized spacial score (nSPS) is 9.88. The highest BCUT2D eigenvalue weighted by molar-refractivity contribution is 5.53. The van der Waals surface area contributed by atoms with Crippen LogP contribution in [-0.4, -0.2) is 26.8 Å². The lowest BCUT2D eigenvalue weighted by atomic mass is 10.1. The number of likely N-dealkylation sites (N-methyl/N-ethyl adjacent to an activating group) is 1. The Morgan fingerprint density at radius 1 is 1.44 bits per heavy atom. The SMILES string of the molecule is CCN(CCOC)c1ccc(C#N)c(C)c1. The lowest BCUT2D eigenvalue weighted by molar-refractivity contribution is 0.205. The van der Waals surface area contributed by atoms with Gasteiger partial charge in [0, 0.05) is 25.9 Å². The first-order valence-corrected chi connectivity index (χ1v) is 5.47. The van der Waals surface area contributed by atoms with Crippen molar-refractivity contribution in [3.63, 3.8) is 0 Å². The van der Waals surface area contributed by atoms with Crippen LogP contribution >= 0.6 is 0 Å². The summed E-state index contributed by atoms with van der Waals surface area (Å²) in [7, 11) is 1.71. The zero-order chi connectivity index (χ0) is 12.0. The van der Waals surface area contributed by atoms with E-state index in [2.05, 4.69) is 24.0 Å². The minimum Gasteiger partial charge on any atom is -0.383 e. The highest BCUT2D eigenvalue weighted by atomic mass is 16.5. The Hall–Kier alpha value is -1.53. The van der Waals surface area contributed by atoms with E-state index in [4.69, 9.17) is 10.00 Å². The number of methoxy groups -OCH3 is 1. The van der Waals surface area contributed by atoms with Crippen LogP contribution in [0, 0.1) is 18.3 Å². The maximum absolute atomic E-state index is 8.86. The maximum atomic E-state index is 8.86. The van der Waals surface area contributed by atoms with Crippen LogP contribution in [0.25, 0.3) is 0 Å². The van der Waals surface area contributed by atoms with E-state index < -0.39 is 0 Å². The largest absolute Gasteiger partial charge is 0.383 e. The van der Waals surface area contributed by atoms with E-state index in [-0.39, 0.29) is 0 Å². The van der Waals surface area contributed by atoms with Crippen molar-refractivity contribution >= 4 is 5.69 Å². The Bertz CT molecular complexity index is 382. The second-order valence-corrected chi connectivity index (χ2v) is 3.68. The Kier molecular flexibility index (Phi) is 4.81. The fourth-order valence-corrected chi connectivity index (χ4v) is 1.64. The van der Waals surface area contributed by atoms with Crippen molar-refractivity contribution in [1.82, 2.24) is 0 Å². The van der Waals surface area contributed by atoms with Crippen LogP contribution in [0.1, 0.15) is 18.1 Å². The van der Waals surface area contributed by atoms with Gasteiger partial charge >= 0.3 is 0 Å². The number of aryl methyl sites for hydroxylation is 1. The number of nitrogens with zero attached hydrogens (tertiary/aromatic N) is 2. The number of anilines is 1. The molecule has 0 saturated heterocycles. The van der Waals surface area contributed by atoms with Gasteiger partial charge in [-0.15, -0.1) is 0 Å². The van der Waals surface area contributed by atoms with Crippen LogP contribution in [0.3, 0.4) is 0 Å². The van der Waals surface area contributed by atoms with Gasteiger partial charge in [-0.1, -0.05) is 0 Å². The van der Waals surface area contributed by atoms with E-state index >= 15 is 0 Å². The fraction of sp³-hybridized carbons (Fsp3) is 0.462. The molecule has 0 N–H and O–H groups in total. The molecule has 0 aromatic heterocycles. The molecule has 0 aliphatic rings. The van der Waals surface area contributed by atoms with E-state index in [1.165, 1.54) is 0 Å². The fourth-order valence-electron chi connectivity index (χ4n) is 1.64. The molecule has 86 valence electrons. The summed E-state index contributed by atoms with van der Waals surface area (Å²) in [4.78, 5) is 2.23. The molecule has 16 heavy (non-hydrogen) atoms. The van der Waals surface area contributed by atoms with Crippen LogP contribution in [0.5, 0.6) is 0 Å².